The Bertz CT molecular complexity index is 285. The second-order valence-electron chi connectivity index (χ2n) is 4.43. The van der Waals surface area contributed by atoms with E-state index < -0.39 is 0 Å². The molecule has 0 bridgehead atoms. The van der Waals surface area contributed by atoms with E-state index in [1.54, 1.807) is 0 Å². The van der Waals surface area contributed by atoms with E-state index in [2.05, 4.69) is 43.4 Å². The molecule has 1 saturated carbocycles. The first-order valence-corrected chi connectivity index (χ1v) is 5.58. The molecule has 76 valence electrons. The van der Waals surface area contributed by atoms with Crippen molar-refractivity contribution in [3.05, 3.63) is 35.4 Å². The number of benzene rings is 1. The maximum absolute atomic E-state index is 3.65. The Morgan fingerprint density at radius 2 is 1.86 bits per heavy atom. The van der Waals surface area contributed by atoms with E-state index in [-0.39, 0.29) is 0 Å². The molecule has 1 fully saturated rings. The van der Waals surface area contributed by atoms with Crippen LogP contribution in [0.15, 0.2) is 24.3 Å². The standard InChI is InChI=1S/C13H19N/c1-10-6-8-12(9-7-10)11(2)14-13-4-3-5-13/h6-9,11,13-14H,3-5H2,1-2H3/t11-/m0/s1. The zero-order valence-electron chi connectivity index (χ0n) is 9.09. The first-order valence-electron chi connectivity index (χ1n) is 5.58. The first-order chi connectivity index (χ1) is 6.75. The van der Waals surface area contributed by atoms with Crippen molar-refractivity contribution in [1.29, 1.82) is 0 Å². The van der Waals surface area contributed by atoms with Crippen LogP contribution in [-0.4, -0.2) is 6.04 Å². The van der Waals surface area contributed by atoms with Crippen LogP contribution in [0.5, 0.6) is 0 Å². The van der Waals surface area contributed by atoms with E-state index in [0.717, 1.165) is 6.04 Å². The van der Waals surface area contributed by atoms with Crippen molar-refractivity contribution >= 4 is 0 Å². The van der Waals surface area contributed by atoms with E-state index in [0.29, 0.717) is 6.04 Å². The van der Waals surface area contributed by atoms with E-state index in [1.807, 2.05) is 0 Å². The number of hydrogen-bond donors (Lipinski definition) is 1. The monoisotopic (exact) mass is 189 g/mol. The summed E-state index contributed by atoms with van der Waals surface area (Å²) < 4.78 is 0. The SMILES string of the molecule is Cc1ccc([C@H](C)NC2CCC2)cc1. The number of rotatable bonds is 3. The maximum Gasteiger partial charge on any atom is 0.0294 e. The molecule has 2 rings (SSSR count). The third-order valence-corrected chi connectivity index (χ3v) is 3.17. The van der Waals surface area contributed by atoms with Crippen molar-refractivity contribution in [3.8, 4) is 0 Å². The van der Waals surface area contributed by atoms with Gasteiger partial charge in [-0.1, -0.05) is 36.2 Å². The van der Waals surface area contributed by atoms with Crippen molar-refractivity contribution in [2.24, 2.45) is 0 Å². The number of hydrogen-bond acceptors (Lipinski definition) is 1. The average Bonchev–Trinajstić information content (AvgIpc) is 2.12. The van der Waals surface area contributed by atoms with Crippen LogP contribution in [0.3, 0.4) is 0 Å². The van der Waals surface area contributed by atoms with Gasteiger partial charge in [-0.25, -0.2) is 0 Å². The average molecular weight is 189 g/mol. The summed E-state index contributed by atoms with van der Waals surface area (Å²) in [5.41, 5.74) is 2.74. The van der Waals surface area contributed by atoms with Crippen LogP contribution in [0.1, 0.15) is 43.4 Å². The Morgan fingerprint density at radius 3 is 2.36 bits per heavy atom. The summed E-state index contributed by atoms with van der Waals surface area (Å²) in [6, 6.07) is 10.1. The molecule has 1 aromatic rings. The molecule has 0 amide bonds. The van der Waals surface area contributed by atoms with Crippen molar-refractivity contribution in [2.45, 2.75) is 45.2 Å². The van der Waals surface area contributed by atoms with E-state index >= 15 is 0 Å². The number of aryl methyl sites for hydroxylation is 1. The molecule has 0 saturated heterocycles. The minimum atomic E-state index is 0.501. The lowest BCUT2D eigenvalue weighted by molar-refractivity contribution is 0.313. The maximum atomic E-state index is 3.65. The predicted molar refractivity (Wildman–Crippen MR) is 60.4 cm³/mol. The fourth-order valence-electron chi connectivity index (χ4n) is 1.88. The first kappa shape index (κ1) is 9.72. The van der Waals surface area contributed by atoms with Crippen LogP contribution >= 0.6 is 0 Å². The minimum absolute atomic E-state index is 0.501. The second-order valence-corrected chi connectivity index (χ2v) is 4.43. The van der Waals surface area contributed by atoms with Gasteiger partial charge in [-0.2, -0.15) is 0 Å². The zero-order chi connectivity index (χ0) is 9.97. The summed E-state index contributed by atoms with van der Waals surface area (Å²) in [5.74, 6) is 0. The van der Waals surface area contributed by atoms with Gasteiger partial charge in [0.1, 0.15) is 0 Å². The van der Waals surface area contributed by atoms with Crippen LogP contribution in [0.2, 0.25) is 0 Å². The summed E-state index contributed by atoms with van der Waals surface area (Å²) in [6.07, 6.45) is 4.12. The highest BCUT2D eigenvalue weighted by Crippen LogP contribution is 2.22. The Balaban J connectivity index is 1.95. The Kier molecular flexibility index (Phi) is 2.87. The minimum Gasteiger partial charge on any atom is -0.307 e. The lowest BCUT2D eigenvalue weighted by atomic mass is 9.92. The summed E-state index contributed by atoms with van der Waals surface area (Å²) in [4.78, 5) is 0. The molecule has 0 unspecified atom stereocenters. The van der Waals surface area contributed by atoms with Crippen LogP contribution < -0.4 is 5.32 Å². The van der Waals surface area contributed by atoms with Gasteiger partial charge < -0.3 is 5.32 Å². The second kappa shape index (κ2) is 4.14. The van der Waals surface area contributed by atoms with Gasteiger partial charge in [0, 0.05) is 12.1 Å². The molecular weight excluding hydrogens is 170 g/mol. The molecule has 14 heavy (non-hydrogen) atoms. The van der Waals surface area contributed by atoms with E-state index in [1.165, 1.54) is 30.4 Å². The molecule has 1 aliphatic rings. The largest absolute Gasteiger partial charge is 0.307 e. The van der Waals surface area contributed by atoms with Gasteiger partial charge in [-0.15, -0.1) is 0 Å². The molecule has 1 aliphatic carbocycles. The van der Waals surface area contributed by atoms with Crippen LogP contribution in [0.4, 0.5) is 0 Å². The molecule has 1 atom stereocenters. The molecule has 0 spiro atoms. The van der Waals surface area contributed by atoms with Gasteiger partial charge >= 0.3 is 0 Å². The fraction of sp³-hybridized carbons (Fsp3) is 0.538. The van der Waals surface area contributed by atoms with Gasteiger partial charge in [0.2, 0.25) is 0 Å². The quantitative estimate of drug-likeness (QED) is 0.770. The molecule has 1 heteroatoms. The Morgan fingerprint density at radius 1 is 1.21 bits per heavy atom. The molecule has 0 aliphatic heterocycles. The molecule has 1 N–H and O–H groups in total. The van der Waals surface area contributed by atoms with Gasteiger partial charge in [0.05, 0.1) is 0 Å². The highest BCUT2D eigenvalue weighted by Gasteiger charge is 2.19. The predicted octanol–water partition coefficient (Wildman–Crippen LogP) is 3.20. The zero-order valence-corrected chi connectivity index (χ0v) is 9.09. The van der Waals surface area contributed by atoms with Crippen molar-refractivity contribution in [1.82, 2.24) is 5.32 Å². The van der Waals surface area contributed by atoms with Gasteiger partial charge in [0.25, 0.3) is 0 Å². The highest BCUT2D eigenvalue weighted by atomic mass is 15.0. The fourth-order valence-corrected chi connectivity index (χ4v) is 1.88. The highest BCUT2D eigenvalue weighted by molar-refractivity contribution is 5.23. The molecule has 1 aromatic carbocycles. The van der Waals surface area contributed by atoms with Gasteiger partial charge in [0.15, 0.2) is 0 Å². The number of nitrogens with one attached hydrogen (secondary N) is 1. The van der Waals surface area contributed by atoms with Gasteiger partial charge in [-0.05, 0) is 32.3 Å². The lowest BCUT2D eigenvalue weighted by Crippen LogP contribution is -2.36. The molecular formula is C13H19N. The van der Waals surface area contributed by atoms with Crippen molar-refractivity contribution in [2.75, 3.05) is 0 Å². The molecule has 0 aromatic heterocycles. The topological polar surface area (TPSA) is 12.0 Å². The normalized spacial score (nSPS) is 19.0. The summed E-state index contributed by atoms with van der Waals surface area (Å²) in [5, 5.41) is 3.65. The Hall–Kier alpha value is -0.820. The lowest BCUT2D eigenvalue weighted by Gasteiger charge is -2.30. The third-order valence-electron chi connectivity index (χ3n) is 3.17. The van der Waals surface area contributed by atoms with Crippen LogP contribution in [-0.2, 0) is 0 Å². The third kappa shape index (κ3) is 2.16. The molecule has 1 nitrogen and oxygen atoms in total. The summed E-state index contributed by atoms with van der Waals surface area (Å²) in [6.45, 7) is 4.39. The smallest absolute Gasteiger partial charge is 0.0294 e. The van der Waals surface area contributed by atoms with Crippen molar-refractivity contribution < 1.29 is 0 Å². The summed E-state index contributed by atoms with van der Waals surface area (Å²) in [7, 11) is 0. The van der Waals surface area contributed by atoms with Crippen LogP contribution in [0.25, 0.3) is 0 Å². The van der Waals surface area contributed by atoms with E-state index in [4.69, 9.17) is 0 Å². The molecule has 0 heterocycles. The van der Waals surface area contributed by atoms with Crippen molar-refractivity contribution in [3.63, 3.8) is 0 Å². The van der Waals surface area contributed by atoms with Crippen LogP contribution in [0, 0.1) is 6.92 Å². The summed E-state index contributed by atoms with van der Waals surface area (Å²) >= 11 is 0. The van der Waals surface area contributed by atoms with Gasteiger partial charge in [-0.3, -0.25) is 0 Å². The van der Waals surface area contributed by atoms with E-state index in [9.17, 15) is 0 Å². The Labute approximate surface area is 86.5 Å². The molecule has 0 radical (unpaired) electrons.